The largest absolute Gasteiger partial charge is 0.478 e. The molecule has 0 amide bonds. The molecule has 150 valence electrons. The highest BCUT2D eigenvalue weighted by atomic mass is 19.4. The lowest BCUT2D eigenvalue weighted by Crippen LogP contribution is -2.19. The summed E-state index contributed by atoms with van der Waals surface area (Å²) in [5.74, 6) is -0.343. The number of H-pyrrole nitrogens is 1. The van der Waals surface area contributed by atoms with Gasteiger partial charge in [0.1, 0.15) is 11.5 Å². The number of allylic oxidation sites excluding steroid dienone is 3. The highest BCUT2D eigenvalue weighted by Gasteiger charge is 2.35. The maximum absolute atomic E-state index is 12.9. The summed E-state index contributed by atoms with van der Waals surface area (Å²) in [6.45, 7) is 1.04. The normalized spacial score (nSPS) is 16.2. The van der Waals surface area contributed by atoms with E-state index >= 15 is 0 Å². The zero-order valence-corrected chi connectivity index (χ0v) is 15.2. The van der Waals surface area contributed by atoms with Crippen molar-refractivity contribution in [2.45, 2.75) is 19.0 Å². The SMILES string of the molecule is O=C(O)c1ccnc(-c2c[nH]c(CCN3C=C4CC=C(C(F)(F)F)C=C4C3)n2)c1. The first-order valence-corrected chi connectivity index (χ1v) is 8.96. The Hall–Kier alpha value is -3.36. The number of hydrogen-bond donors (Lipinski definition) is 2. The van der Waals surface area contributed by atoms with Crippen LogP contribution in [0.4, 0.5) is 13.2 Å². The molecule has 9 heteroatoms. The van der Waals surface area contributed by atoms with Gasteiger partial charge in [0.2, 0.25) is 0 Å². The Kier molecular flexibility index (Phi) is 4.73. The molecule has 29 heavy (non-hydrogen) atoms. The number of carboxylic acids is 1. The highest BCUT2D eigenvalue weighted by Crippen LogP contribution is 2.36. The molecule has 0 radical (unpaired) electrons. The molecule has 4 rings (SSSR count). The Balaban J connectivity index is 1.39. The number of nitrogens with zero attached hydrogens (tertiary/aromatic N) is 3. The van der Waals surface area contributed by atoms with Crippen LogP contribution in [0.2, 0.25) is 0 Å². The standard InChI is InChI=1S/C20H17F3N4O2/c21-20(22,23)15-2-1-13-10-27(11-14(13)7-15)6-4-18-25-9-17(26-18)16-8-12(19(28)29)3-5-24-16/h2-3,5,7-10H,1,4,6,11H2,(H,25,26)(H,28,29). The first-order chi connectivity index (χ1) is 13.8. The second kappa shape index (κ2) is 7.23. The minimum atomic E-state index is -4.32. The predicted molar refractivity (Wildman–Crippen MR) is 99.0 cm³/mol. The van der Waals surface area contributed by atoms with Crippen LogP contribution in [0.5, 0.6) is 0 Å². The molecule has 0 atom stereocenters. The van der Waals surface area contributed by atoms with Gasteiger partial charge in [0.15, 0.2) is 0 Å². The van der Waals surface area contributed by atoms with E-state index in [0.29, 0.717) is 42.3 Å². The Labute approximate surface area is 164 Å². The van der Waals surface area contributed by atoms with E-state index in [1.54, 1.807) is 6.20 Å². The van der Waals surface area contributed by atoms with E-state index in [2.05, 4.69) is 15.0 Å². The zero-order valence-electron chi connectivity index (χ0n) is 15.2. The number of pyridine rings is 1. The number of nitrogens with one attached hydrogen (secondary N) is 1. The summed E-state index contributed by atoms with van der Waals surface area (Å²) in [4.78, 5) is 24.7. The number of rotatable bonds is 5. The fourth-order valence-electron chi connectivity index (χ4n) is 3.37. The van der Waals surface area contributed by atoms with Crippen molar-refractivity contribution in [2.24, 2.45) is 0 Å². The van der Waals surface area contributed by atoms with Crippen LogP contribution >= 0.6 is 0 Å². The quantitative estimate of drug-likeness (QED) is 0.797. The summed E-state index contributed by atoms with van der Waals surface area (Å²) in [6.07, 6.45) is 3.95. The Morgan fingerprint density at radius 2 is 2.10 bits per heavy atom. The van der Waals surface area contributed by atoms with Gasteiger partial charge in [-0.3, -0.25) is 4.98 Å². The van der Waals surface area contributed by atoms with Gasteiger partial charge in [-0.15, -0.1) is 0 Å². The van der Waals surface area contributed by atoms with E-state index in [0.717, 1.165) is 5.57 Å². The molecule has 2 aromatic rings. The molecule has 0 saturated heterocycles. The molecule has 0 bridgehead atoms. The lowest BCUT2D eigenvalue weighted by molar-refractivity contribution is -0.0885. The number of hydrogen-bond acceptors (Lipinski definition) is 4. The lowest BCUT2D eigenvalue weighted by atomic mass is 9.96. The fourth-order valence-corrected chi connectivity index (χ4v) is 3.37. The number of fused-ring (bicyclic) bond motifs is 1. The number of halogens is 3. The predicted octanol–water partition coefficient (Wildman–Crippen LogP) is 3.73. The van der Waals surface area contributed by atoms with Crippen molar-refractivity contribution in [3.63, 3.8) is 0 Å². The number of carbonyl (C=O) groups is 1. The van der Waals surface area contributed by atoms with E-state index in [9.17, 15) is 18.0 Å². The van der Waals surface area contributed by atoms with Crippen LogP contribution in [0.3, 0.4) is 0 Å². The van der Waals surface area contributed by atoms with Gasteiger partial charge in [-0.05, 0) is 35.8 Å². The number of aromatic amines is 1. The minimum absolute atomic E-state index is 0.131. The van der Waals surface area contributed by atoms with Crippen molar-refractivity contribution in [3.05, 3.63) is 71.0 Å². The molecule has 0 unspecified atom stereocenters. The van der Waals surface area contributed by atoms with E-state index in [-0.39, 0.29) is 12.0 Å². The molecular formula is C20H17F3N4O2. The van der Waals surface area contributed by atoms with Crippen LogP contribution in [0.25, 0.3) is 11.4 Å². The average molecular weight is 402 g/mol. The lowest BCUT2D eigenvalue weighted by Gasteiger charge is -2.16. The van der Waals surface area contributed by atoms with Gasteiger partial charge in [0.25, 0.3) is 0 Å². The molecule has 2 aromatic heterocycles. The van der Waals surface area contributed by atoms with Crippen LogP contribution in [0, 0.1) is 0 Å². The van der Waals surface area contributed by atoms with Crippen molar-refractivity contribution in [1.29, 1.82) is 0 Å². The molecule has 0 saturated carbocycles. The summed E-state index contributed by atoms with van der Waals surface area (Å²) < 4.78 is 38.6. The number of imidazole rings is 1. The third-order valence-electron chi connectivity index (χ3n) is 4.86. The summed E-state index contributed by atoms with van der Waals surface area (Å²) in [6, 6.07) is 2.86. The maximum Gasteiger partial charge on any atom is 0.416 e. The van der Waals surface area contributed by atoms with Crippen molar-refractivity contribution < 1.29 is 23.1 Å². The molecular weight excluding hydrogens is 385 g/mol. The summed E-state index contributed by atoms with van der Waals surface area (Å²) in [7, 11) is 0. The van der Waals surface area contributed by atoms with Crippen LogP contribution in [-0.2, 0) is 6.42 Å². The third-order valence-corrected chi connectivity index (χ3v) is 4.86. The van der Waals surface area contributed by atoms with Gasteiger partial charge in [0.05, 0.1) is 16.8 Å². The average Bonchev–Trinajstić information content (AvgIpc) is 3.31. The zero-order chi connectivity index (χ0) is 20.6. The number of alkyl halides is 3. The van der Waals surface area contributed by atoms with Crippen molar-refractivity contribution in [3.8, 4) is 11.4 Å². The molecule has 0 fully saturated rings. The number of aromatic carboxylic acids is 1. The van der Waals surface area contributed by atoms with Gasteiger partial charge >= 0.3 is 12.1 Å². The Morgan fingerprint density at radius 1 is 1.28 bits per heavy atom. The molecule has 6 nitrogen and oxygen atoms in total. The monoisotopic (exact) mass is 402 g/mol. The molecule has 1 aliphatic heterocycles. The van der Waals surface area contributed by atoms with E-state index < -0.39 is 17.7 Å². The third kappa shape index (κ3) is 4.08. The Bertz CT molecular complexity index is 1050. The van der Waals surface area contributed by atoms with Crippen molar-refractivity contribution in [2.75, 3.05) is 13.1 Å². The van der Waals surface area contributed by atoms with Crippen LogP contribution < -0.4 is 0 Å². The highest BCUT2D eigenvalue weighted by molar-refractivity contribution is 5.88. The molecule has 3 heterocycles. The second-order valence-electron chi connectivity index (χ2n) is 6.87. The molecule has 1 aliphatic carbocycles. The topological polar surface area (TPSA) is 82.1 Å². The molecule has 2 N–H and O–H groups in total. The van der Waals surface area contributed by atoms with Crippen LogP contribution in [-0.4, -0.2) is 50.2 Å². The number of aromatic nitrogens is 3. The maximum atomic E-state index is 12.9. The van der Waals surface area contributed by atoms with Crippen LogP contribution in [0.15, 0.2) is 59.6 Å². The molecule has 0 aromatic carbocycles. The minimum Gasteiger partial charge on any atom is -0.478 e. The molecule has 2 aliphatic rings. The molecule has 0 spiro atoms. The summed E-state index contributed by atoms with van der Waals surface area (Å²) in [5, 5.41) is 9.08. The van der Waals surface area contributed by atoms with Gasteiger partial charge in [-0.25, -0.2) is 9.78 Å². The fraction of sp³-hybridized carbons (Fsp3) is 0.250. The van der Waals surface area contributed by atoms with E-state index in [4.69, 9.17) is 5.11 Å². The van der Waals surface area contributed by atoms with Crippen molar-refractivity contribution >= 4 is 5.97 Å². The van der Waals surface area contributed by atoms with Gasteiger partial charge < -0.3 is 15.0 Å². The van der Waals surface area contributed by atoms with Crippen molar-refractivity contribution in [1.82, 2.24) is 19.9 Å². The summed E-state index contributed by atoms with van der Waals surface area (Å²) in [5.41, 5.74) is 2.16. The second-order valence-corrected chi connectivity index (χ2v) is 6.87. The van der Waals surface area contributed by atoms with E-state index in [1.807, 2.05) is 11.1 Å². The van der Waals surface area contributed by atoms with Gasteiger partial charge in [-0.2, -0.15) is 13.2 Å². The first-order valence-electron chi connectivity index (χ1n) is 8.96. The Morgan fingerprint density at radius 3 is 2.86 bits per heavy atom. The first kappa shape index (κ1) is 19.0. The van der Waals surface area contributed by atoms with E-state index in [1.165, 1.54) is 30.5 Å². The van der Waals surface area contributed by atoms with Gasteiger partial charge in [-0.1, -0.05) is 6.08 Å². The smallest absolute Gasteiger partial charge is 0.416 e. The van der Waals surface area contributed by atoms with Gasteiger partial charge in [0, 0.05) is 38.1 Å². The summed E-state index contributed by atoms with van der Waals surface area (Å²) >= 11 is 0. The van der Waals surface area contributed by atoms with Crippen LogP contribution in [0.1, 0.15) is 22.6 Å². The number of carboxylic acid groups (broad SMARTS) is 1.